The van der Waals surface area contributed by atoms with Crippen molar-refractivity contribution in [1.29, 1.82) is 0 Å². The van der Waals surface area contributed by atoms with Crippen LogP contribution in [-0.4, -0.2) is 45.9 Å². The molecule has 3 aromatic rings. The van der Waals surface area contributed by atoms with Crippen LogP contribution in [0.1, 0.15) is 11.3 Å². The summed E-state index contributed by atoms with van der Waals surface area (Å²) < 4.78 is 0. The molecule has 2 heterocycles. The fourth-order valence-electron chi connectivity index (χ4n) is 2.91. The number of rotatable bonds is 7. The highest BCUT2D eigenvalue weighted by atomic mass is 16.2. The van der Waals surface area contributed by atoms with Crippen molar-refractivity contribution in [2.75, 3.05) is 7.05 Å². The molecule has 2 atom stereocenters. The predicted molar refractivity (Wildman–Crippen MR) is 98.3 cm³/mol. The summed E-state index contributed by atoms with van der Waals surface area (Å²) in [5, 5.41) is 6.33. The summed E-state index contributed by atoms with van der Waals surface area (Å²) >= 11 is 0. The van der Waals surface area contributed by atoms with Gasteiger partial charge in [0.2, 0.25) is 11.8 Å². The van der Waals surface area contributed by atoms with Crippen molar-refractivity contribution in [2.45, 2.75) is 24.9 Å². The lowest BCUT2D eigenvalue weighted by molar-refractivity contribution is -0.129. The second kappa shape index (κ2) is 7.83. The lowest BCUT2D eigenvalue weighted by atomic mass is 10.0. The first-order valence-corrected chi connectivity index (χ1v) is 8.38. The number of nitrogens with two attached hydrogens (primary N) is 1. The van der Waals surface area contributed by atoms with Gasteiger partial charge in [-0.3, -0.25) is 9.59 Å². The van der Waals surface area contributed by atoms with E-state index in [0.717, 1.165) is 22.2 Å². The van der Waals surface area contributed by atoms with E-state index in [4.69, 9.17) is 5.73 Å². The molecule has 2 aromatic heterocycles. The van der Waals surface area contributed by atoms with E-state index in [1.807, 2.05) is 30.5 Å². The van der Waals surface area contributed by atoms with Crippen molar-refractivity contribution in [2.24, 2.45) is 5.73 Å². The Hall–Kier alpha value is -3.13. The Balaban J connectivity index is 1.67. The van der Waals surface area contributed by atoms with Gasteiger partial charge in [0.25, 0.3) is 0 Å². The number of aromatic nitrogens is 3. The molecule has 0 bridgehead atoms. The zero-order valence-corrected chi connectivity index (χ0v) is 14.5. The number of fused-ring (bicyclic) bond motifs is 1. The molecular weight excluding hydrogens is 332 g/mol. The molecule has 8 nitrogen and oxygen atoms in total. The Kier molecular flexibility index (Phi) is 5.33. The van der Waals surface area contributed by atoms with Gasteiger partial charge in [-0.15, -0.1) is 0 Å². The van der Waals surface area contributed by atoms with Crippen LogP contribution in [0.2, 0.25) is 0 Å². The molecule has 0 aliphatic carbocycles. The summed E-state index contributed by atoms with van der Waals surface area (Å²) in [4.78, 5) is 34.6. The van der Waals surface area contributed by atoms with Gasteiger partial charge in [0.05, 0.1) is 12.4 Å². The van der Waals surface area contributed by atoms with Crippen molar-refractivity contribution in [1.82, 2.24) is 25.6 Å². The maximum atomic E-state index is 12.5. The molecule has 0 spiro atoms. The molecule has 26 heavy (non-hydrogen) atoms. The smallest absolute Gasteiger partial charge is 0.242 e. The van der Waals surface area contributed by atoms with E-state index < -0.39 is 12.1 Å². The number of imidazole rings is 1. The van der Waals surface area contributed by atoms with Crippen LogP contribution in [0.5, 0.6) is 0 Å². The zero-order chi connectivity index (χ0) is 18.5. The maximum absolute atomic E-state index is 12.5. The minimum Gasteiger partial charge on any atom is -0.361 e. The van der Waals surface area contributed by atoms with Gasteiger partial charge >= 0.3 is 0 Å². The predicted octanol–water partition coefficient (Wildman–Crippen LogP) is 0.234. The average Bonchev–Trinajstić information content (AvgIpc) is 3.30. The largest absolute Gasteiger partial charge is 0.361 e. The molecule has 0 unspecified atom stereocenters. The van der Waals surface area contributed by atoms with Gasteiger partial charge in [-0.05, 0) is 18.1 Å². The van der Waals surface area contributed by atoms with Gasteiger partial charge in [-0.1, -0.05) is 18.2 Å². The van der Waals surface area contributed by atoms with Crippen LogP contribution in [0.15, 0.2) is 43.0 Å². The first kappa shape index (κ1) is 17.7. The summed E-state index contributed by atoms with van der Waals surface area (Å²) in [5.74, 6) is -0.657. The molecule has 136 valence electrons. The van der Waals surface area contributed by atoms with Crippen molar-refractivity contribution < 1.29 is 9.59 Å². The van der Waals surface area contributed by atoms with E-state index >= 15 is 0 Å². The highest BCUT2D eigenvalue weighted by Crippen LogP contribution is 2.18. The maximum Gasteiger partial charge on any atom is 0.242 e. The van der Waals surface area contributed by atoms with Gasteiger partial charge in [-0.2, -0.15) is 0 Å². The summed E-state index contributed by atoms with van der Waals surface area (Å²) in [5.41, 5.74) is 8.80. The SMILES string of the molecule is CNC(=O)[C@H](Cc1cnc[nH]1)NC(=O)[C@@H](N)Cc1c[nH]c2ccccc12. The normalized spacial score (nSPS) is 13.3. The Bertz CT molecular complexity index is 886. The summed E-state index contributed by atoms with van der Waals surface area (Å²) in [6.45, 7) is 0. The number of hydrogen-bond donors (Lipinski definition) is 5. The Morgan fingerprint density at radius 2 is 2.00 bits per heavy atom. The van der Waals surface area contributed by atoms with E-state index in [0.29, 0.717) is 12.8 Å². The number of para-hydroxylation sites is 1. The van der Waals surface area contributed by atoms with Gasteiger partial charge in [-0.25, -0.2) is 4.98 Å². The first-order valence-electron chi connectivity index (χ1n) is 8.38. The molecular formula is C18H22N6O2. The molecule has 0 aliphatic heterocycles. The van der Waals surface area contributed by atoms with E-state index in [2.05, 4.69) is 25.6 Å². The van der Waals surface area contributed by atoms with Crippen molar-refractivity contribution in [3.8, 4) is 0 Å². The van der Waals surface area contributed by atoms with Gasteiger partial charge < -0.3 is 26.3 Å². The molecule has 8 heteroatoms. The number of benzene rings is 1. The van der Waals surface area contributed by atoms with Crippen LogP contribution in [0.25, 0.3) is 10.9 Å². The highest BCUT2D eigenvalue weighted by molar-refractivity contribution is 5.90. The number of hydrogen-bond acceptors (Lipinski definition) is 4. The minimum absolute atomic E-state index is 0.285. The van der Waals surface area contributed by atoms with E-state index in [-0.39, 0.29) is 11.8 Å². The van der Waals surface area contributed by atoms with Crippen LogP contribution >= 0.6 is 0 Å². The first-order chi connectivity index (χ1) is 12.6. The van der Waals surface area contributed by atoms with Crippen molar-refractivity contribution >= 4 is 22.7 Å². The number of carbonyl (C=O) groups excluding carboxylic acids is 2. The fraction of sp³-hybridized carbons (Fsp3) is 0.278. The molecule has 1 aromatic carbocycles. The number of carbonyl (C=O) groups is 2. The summed E-state index contributed by atoms with van der Waals surface area (Å²) in [7, 11) is 1.53. The third-order valence-corrected chi connectivity index (χ3v) is 4.31. The molecule has 0 aliphatic rings. The average molecular weight is 354 g/mol. The van der Waals surface area contributed by atoms with E-state index in [1.54, 1.807) is 6.20 Å². The van der Waals surface area contributed by atoms with Gasteiger partial charge in [0, 0.05) is 42.5 Å². The lowest BCUT2D eigenvalue weighted by Gasteiger charge is -2.19. The number of likely N-dealkylation sites (N-methyl/N-ethyl adjacent to an activating group) is 1. The van der Waals surface area contributed by atoms with Crippen molar-refractivity contribution in [3.63, 3.8) is 0 Å². The monoisotopic (exact) mass is 354 g/mol. The van der Waals surface area contributed by atoms with Crippen LogP contribution in [0, 0.1) is 0 Å². The number of aromatic amines is 2. The fourth-order valence-corrected chi connectivity index (χ4v) is 2.91. The highest BCUT2D eigenvalue weighted by Gasteiger charge is 2.24. The van der Waals surface area contributed by atoms with Crippen molar-refractivity contribution in [3.05, 3.63) is 54.2 Å². The molecule has 0 radical (unpaired) electrons. The summed E-state index contributed by atoms with van der Waals surface area (Å²) in [6.07, 6.45) is 5.69. The number of H-pyrrole nitrogens is 2. The number of nitrogens with zero attached hydrogens (tertiary/aromatic N) is 1. The topological polar surface area (TPSA) is 129 Å². The number of amides is 2. The molecule has 0 saturated carbocycles. The van der Waals surface area contributed by atoms with E-state index in [9.17, 15) is 9.59 Å². The van der Waals surface area contributed by atoms with Gasteiger partial charge in [0.15, 0.2) is 0 Å². The van der Waals surface area contributed by atoms with E-state index in [1.165, 1.54) is 13.4 Å². The summed E-state index contributed by atoms with van der Waals surface area (Å²) in [6, 6.07) is 6.36. The molecule has 0 saturated heterocycles. The molecule has 0 fully saturated rings. The van der Waals surface area contributed by atoms with Gasteiger partial charge in [0.1, 0.15) is 6.04 Å². The molecule has 3 rings (SSSR count). The second-order valence-corrected chi connectivity index (χ2v) is 6.13. The molecule has 6 N–H and O–H groups in total. The van der Waals surface area contributed by atoms with Crippen LogP contribution in [0.4, 0.5) is 0 Å². The Morgan fingerprint density at radius 3 is 2.73 bits per heavy atom. The van der Waals surface area contributed by atoms with Crippen LogP contribution < -0.4 is 16.4 Å². The number of nitrogens with one attached hydrogen (secondary N) is 4. The lowest BCUT2D eigenvalue weighted by Crippen LogP contribution is -2.52. The van der Waals surface area contributed by atoms with Crippen LogP contribution in [0.3, 0.4) is 0 Å². The quantitative estimate of drug-likeness (QED) is 0.416. The third kappa shape index (κ3) is 3.92. The Labute approximate surface area is 150 Å². The minimum atomic E-state index is -0.761. The third-order valence-electron chi connectivity index (χ3n) is 4.31. The molecule has 2 amide bonds. The Morgan fingerprint density at radius 1 is 1.19 bits per heavy atom. The standard InChI is InChI=1S/C18H22N6O2/c1-20-18(26)16(7-12-9-21-10-23-12)24-17(25)14(19)6-11-8-22-15-5-3-2-4-13(11)15/h2-5,8-10,14,16,22H,6-7,19H2,1H3,(H,20,26)(H,21,23)(H,24,25)/t14-,16-/m0/s1. The second-order valence-electron chi connectivity index (χ2n) is 6.13. The van der Waals surface area contributed by atoms with Crippen LogP contribution in [-0.2, 0) is 22.4 Å². The zero-order valence-electron chi connectivity index (χ0n) is 14.5.